The van der Waals surface area contributed by atoms with Crippen molar-refractivity contribution in [3.63, 3.8) is 0 Å². The van der Waals surface area contributed by atoms with E-state index in [9.17, 15) is 4.79 Å². The van der Waals surface area contributed by atoms with Crippen molar-refractivity contribution in [1.29, 1.82) is 0 Å². The van der Waals surface area contributed by atoms with Crippen molar-refractivity contribution in [2.75, 3.05) is 6.61 Å². The SMILES string of the molecule is CCCCCCCOc1ccc(C(=O)O)cn1. The number of hydrogen-bond donors (Lipinski definition) is 1. The first-order chi connectivity index (χ1) is 8.24. The van der Waals surface area contributed by atoms with Gasteiger partial charge in [0.1, 0.15) is 0 Å². The minimum Gasteiger partial charge on any atom is -0.478 e. The topological polar surface area (TPSA) is 59.4 Å². The summed E-state index contributed by atoms with van der Waals surface area (Å²) in [6.45, 7) is 2.83. The first kappa shape index (κ1) is 13.5. The Morgan fingerprint density at radius 3 is 2.65 bits per heavy atom. The lowest BCUT2D eigenvalue weighted by atomic mass is 10.2. The van der Waals surface area contributed by atoms with Crippen LogP contribution in [0.25, 0.3) is 0 Å². The van der Waals surface area contributed by atoms with E-state index >= 15 is 0 Å². The van der Waals surface area contributed by atoms with E-state index in [1.165, 1.54) is 37.9 Å². The predicted molar refractivity (Wildman–Crippen MR) is 65.5 cm³/mol. The van der Waals surface area contributed by atoms with E-state index in [2.05, 4.69) is 11.9 Å². The highest BCUT2D eigenvalue weighted by Crippen LogP contribution is 2.09. The molecular formula is C13H19NO3. The van der Waals surface area contributed by atoms with Gasteiger partial charge in [-0.25, -0.2) is 9.78 Å². The summed E-state index contributed by atoms with van der Waals surface area (Å²) in [6.07, 6.45) is 7.24. The van der Waals surface area contributed by atoms with Crippen LogP contribution in [0, 0.1) is 0 Å². The maximum absolute atomic E-state index is 10.6. The van der Waals surface area contributed by atoms with Crippen LogP contribution in [0.5, 0.6) is 5.88 Å². The lowest BCUT2D eigenvalue weighted by Crippen LogP contribution is -2.01. The van der Waals surface area contributed by atoms with Crippen LogP contribution in [0.2, 0.25) is 0 Å². The minimum atomic E-state index is -0.969. The van der Waals surface area contributed by atoms with Crippen molar-refractivity contribution in [3.05, 3.63) is 23.9 Å². The summed E-state index contributed by atoms with van der Waals surface area (Å²) >= 11 is 0. The Bertz CT molecular complexity index is 335. The number of pyridine rings is 1. The van der Waals surface area contributed by atoms with E-state index in [0.717, 1.165) is 6.42 Å². The zero-order valence-corrected chi connectivity index (χ0v) is 10.2. The number of ether oxygens (including phenoxy) is 1. The molecule has 0 aromatic carbocycles. The average molecular weight is 237 g/mol. The summed E-state index contributed by atoms with van der Waals surface area (Å²) in [5.74, 6) is -0.478. The molecule has 0 aliphatic heterocycles. The number of unbranched alkanes of at least 4 members (excludes halogenated alkanes) is 4. The van der Waals surface area contributed by atoms with Crippen molar-refractivity contribution in [1.82, 2.24) is 4.98 Å². The normalized spacial score (nSPS) is 10.2. The summed E-state index contributed by atoms with van der Waals surface area (Å²) < 4.78 is 5.42. The molecule has 0 spiro atoms. The van der Waals surface area contributed by atoms with Gasteiger partial charge in [-0.2, -0.15) is 0 Å². The summed E-state index contributed by atoms with van der Waals surface area (Å²) in [5.41, 5.74) is 0.181. The molecule has 0 atom stereocenters. The molecule has 1 N–H and O–H groups in total. The van der Waals surface area contributed by atoms with Crippen LogP contribution in [0.4, 0.5) is 0 Å². The Hall–Kier alpha value is -1.58. The second kappa shape index (κ2) is 7.65. The molecule has 0 saturated heterocycles. The van der Waals surface area contributed by atoms with E-state index in [-0.39, 0.29) is 5.56 Å². The Balaban J connectivity index is 2.21. The van der Waals surface area contributed by atoms with E-state index < -0.39 is 5.97 Å². The number of carboxylic acids is 1. The van der Waals surface area contributed by atoms with Gasteiger partial charge in [-0.05, 0) is 12.5 Å². The Kier molecular flexibility index (Phi) is 6.07. The number of nitrogens with zero attached hydrogens (tertiary/aromatic N) is 1. The Morgan fingerprint density at radius 1 is 1.29 bits per heavy atom. The second-order valence-electron chi connectivity index (χ2n) is 3.95. The number of aromatic nitrogens is 1. The smallest absolute Gasteiger partial charge is 0.337 e. The number of hydrogen-bond acceptors (Lipinski definition) is 3. The fourth-order valence-corrected chi connectivity index (χ4v) is 1.47. The van der Waals surface area contributed by atoms with Crippen molar-refractivity contribution in [2.45, 2.75) is 39.0 Å². The minimum absolute atomic E-state index is 0.181. The van der Waals surface area contributed by atoms with Gasteiger partial charge in [0.05, 0.1) is 12.2 Å². The molecule has 0 unspecified atom stereocenters. The van der Waals surface area contributed by atoms with Gasteiger partial charge >= 0.3 is 5.97 Å². The lowest BCUT2D eigenvalue weighted by Gasteiger charge is -2.04. The first-order valence-electron chi connectivity index (χ1n) is 6.06. The van der Waals surface area contributed by atoms with E-state index in [1.807, 2.05) is 0 Å². The van der Waals surface area contributed by atoms with E-state index in [4.69, 9.17) is 9.84 Å². The maximum Gasteiger partial charge on any atom is 0.337 e. The highest BCUT2D eigenvalue weighted by Gasteiger charge is 2.02. The van der Waals surface area contributed by atoms with Crippen molar-refractivity contribution < 1.29 is 14.6 Å². The molecule has 17 heavy (non-hydrogen) atoms. The molecule has 1 aromatic heterocycles. The molecular weight excluding hydrogens is 218 g/mol. The molecule has 0 saturated carbocycles. The summed E-state index contributed by atoms with van der Waals surface area (Å²) in [6, 6.07) is 3.09. The average Bonchev–Trinajstić information content (AvgIpc) is 2.34. The van der Waals surface area contributed by atoms with Gasteiger partial charge in [-0.15, -0.1) is 0 Å². The zero-order chi connectivity index (χ0) is 12.5. The fourth-order valence-electron chi connectivity index (χ4n) is 1.47. The lowest BCUT2D eigenvalue weighted by molar-refractivity contribution is 0.0696. The largest absolute Gasteiger partial charge is 0.478 e. The molecule has 1 heterocycles. The predicted octanol–water partition coefficient (Wildman–Crippen LogP) is 3.13. The monoisotopic (exact) mass is 237 g/mol. The number of aromatic carboxylic acids is 1. The van der Waals surface area contributed by atoms with Gasteiger partial charge < -0.3 is 9.84 Å². The van der Waals surface area contributed by atoms with Crippen LogP contribution in [0.1, 0.15) is 49.4 Å². The number of rotatable bonds is 8. The van der Waals surface area contributed by atoms with Crippen LogP contribution >= 0.6 is 0 Å². The van der Waals surface area contributed by atoms with Crippen LogP contribution in [0.15, 0.2) is 18.3 Å². The van der Waals surface area contributed by atoms with Crippen LogP contribution in [-0.2, 0) is 0 Å². The van der Waals surface area contributed by atoms with Gasteiger partial charge in [0, 0.05) is 12.3 Å². The highest BCUT2D eigenvalue weighted by atomic mass is 16.5. The third kappa shape index (κ3) is 5.33. The molecule has 1 rings (SSSR count). The van der Waals surface area contributed by atoms with Crippen LogP contribution < -0.4 is 4.74 Å². The third-order valence-corrected chi connectivity index (χ3v) is 2.48. The summed E-state index contributed by atoms with van der Waals surface area (Å²) in [4.78, 5) is 14.5. The van der Waals surface area contributed by atoms with Gasteiger partial charge in [0.2, 0.25) is 5.88 Å². The quantitative estimate of drug-likeness (QED) is 0.706. The Labute approximate surface area is 102 Å². The maximum atomic E-state index is 10.6. The molecule has 0 amide bonds. The van der Waals surface area contributed by atoms with E-state index in [0.29, 0.717) is 12.5 Å². The summed E-state index contributed by atoms with van der Waals surface area (Å²) in [5, 5.41) is 8.69. The van der Waals surface area contributed by atoms with E-state index in [1.54, 1.807) is 6.07 Å². The van der Waals surface area contributed by atoms with Crippen molar-refractivity contribution in [2.24, 2.45) is 0 Å². The van der Waals surface area contributed by atoms with Gasteiger partial charge in [0.25, 0.3) is 0 Å². The van der Waals surface area contributed by atoms with Gasteiger partial charge in [0.15, 0.2) is 0 Å². The van der Waals surface area contributed by atoms with Crippen LogP contribution in [-0.4, -0.2) is 22.7 Å². The molecule has 0 fully saturated rings. The Morgan fingerprint density at radius 2 is 2.06 bits per heavy atom. The molecule has 0 bridgehead atoms. The third-order valence-electron chi connectivity index (χ3n) is 2.48. The van der Waals surface area contributed by atoms with Crippen molar-refractivity contribution >= 4 is 5.97 Å². The van der Waals surface area contributed by atoms with Gasteiger partial charge in [-0.3, -0.25) is 0 Å². The standard InChI is InChI=1S/C13H19NO3/c1-2-3-4-5-6-9-17-12-8-7-11(10-14-12)13(15)16/h7-8,10H,2-6,9H2,1H3,(H,15,16). The molecule has 0 radical (unpaired) electrons. The molecule has 94 valence electrons. The molecule has 4 nitrogen and oxygen atoms in total. The van der Waals surface area contributed by atoms with Crippen molar-refractivity contribution in [3.8, 4) is 5.88 Å². The van der Waals surface area contributed by atoms with Crippen LogP contribution in [0.3, 0.4) is 0 Å². The fraction of sp³-hybridized carbons (Fsp3) is 0.538. The molecule has 1 aromatic rings. The summed E-state index contributed by atoms with van der Waals surface area (Å²) in [7, 11) is 0. The van der Waals surface area contributed by atoms with Gasteiger partial charge in [-0.1, -0.05) is 32.6 Å². The second-order valence-corrected chi connectivity index (χ2v) is 3.95. The molecule has 0 aliphatic rings. The molecule has 0 aliphatic carbocycles. The molecule has 4 heteroatoms. The zero-order valence-electron chi connectivity index (χ0n) is 10.2. The first-order valence-corrected chi connectivity index (χ1v) is 6.06. The highest BCUT2D eigenvalue weighted by molar-refractivity contribution is 5.87. The number of carbonyl (C=O) groups is 1. The number of carboxylic acid groups (broad SMARTS) is 1.